The highest BCUT2D eigenvalue weighted by Crippen LogP contribution is 2.26. The molecule has 6 nitrogen and oxygen atoms in total. The standard InChI is InChI=1S/C22H28ClN3O3/c23-19-5-1-3-17(13-19)14-21(27)26-10-2-4-16(15-26)6-7-20-24-22(29-25-20)18-8-11-28-12-9-18/h1,3,5,13,16,18H,2,4,6-12,14-15H2. The minimum atomic E-state index is 0.179. The summed E-state index contributed by atoms with van der Waals surface area (Å²) in [6, 6.07) is 7.55. The van der Waals surface area contributed by atoms with Crippen LogP contribution in [0.15, 0.2) is 28.8 Å². The highest BCUT2D eigenvalue weighted by Gasteiger charge is 2.25. The molecule has 1 amide bonds. The normalized spacial score (nSPS) is 20.7. The largest absolute Gasteiger partial charge is 0.381 e. The number of aryl methyl sites for hydroxylation is 1. The predicted molar refractivity (Wildman–Crippen MR) is 110 cm³/mol. The SMILES string of the molecule is O=C(Cc1cccc(Cl)c1)N1CCCC(CCc2noc(C3CCOCC3)n2)C1. The van der Waals surface area contributed by atoms with Crippen molar-refractivity contribution in [2.75, 3.05) is 26.3 Å². The Kier molecular flexibility index (Phi) is 6.82. The van der Waals surface area contributed by atoms with Crippen molar-refractivity contribution in [2.24, 2.45) is 5.92 Å². The summed E-state index contributed by atoms with van der Waals surface area (Å²) < 4.78 is 10.9. The number of hydrogen-bond acceptors (Lipinski definition) is 5. The molecule has 156 valence electrons. The second-order valence-corrected chi connectivity index (χ2v) is 8.57. The Hall–Kier alpha value is -1.92. The molecule has 0 saturated carbocycles. The Bertz CT molecular complexity index is 819. The van der Waals surface area contributed by atoms with E-state index in [9.17, 15) is 4.79 Å². The van der Waals surface area contributed by atoms with Gasteiger partial charge in [0.1, 0.15) is 0 Å². The molecule has 0 bridgehead atoms. The molecular formula is C22H28ClN3O3. The van der Waals surface area contributed by atoms with Gasteiger partial charge in [0.2, 0.25) is 11.8 Å². The Morgan fingerprint density at radius 2 is 2.10 bits per heavy atom. The van der Waals surface area contributed by atoms with Crippen molar-refractivity contribution in [3.05, 3.63) is 46.6 Å². The Balaban J connectivity index is 1.26. The van der Waals surface area contributed by atoms with Gasteiger partial charge >= 0.3 is 0 Å². The van der Waals surface area contributed by atoms with Gasteiger partial charge in [-0.1, -0.05) is 28.9 Å². The predicted octanol–water partition coefficient (Wildman–Crippen LogP) is 4.03. The zero-order valence-electron chi connectivity index (χ0n) is 16.7. The molecule has 0 N–H and O–H groups in total. The van der Waals surface area contributed by atoms with Gasteiger partial charge in [-0.2, -0.15) is 4.98 Å². The summed E-state index contributed by atoms with van der Waals surface area (Å²) in [5.41, 5.74) is 0.970. The highest BCUT2D eigenvalue weighted by molar-refractivity contribution is 6.30. The summed E-state index contributed by atoms with van der Waals surface area (Å²) >= 11 is 6.04. The fraction of sp³-hybridized carbons (Fsp3) is 0.591. The van der Waals surface area contributed by atoms with E-state index >= 15 is 0 Å². The van der Waals surface area contributed by atoms with Gasteiger partial charge in [0.25, 0.3) is 0 Å². The lowest BCUT2D eigenvalue weighted by Gasteiger charge is -2.32. The van der Waals surface area contributed by atoms with E-state index in [0.29, 0.717) is 23.3 Å². The number of hydrogen-bond donors (Lipinski definition) is 0. The summed E-state index contributed by atoms with van der Waals surface area (Å²) in [6.07, 6.45) is 6.28. The van der Waals surface area contributed by atoms with Gasteiger partial charge in [-0.15, -0.1) is 0 Å². The van der Waals surface area contributed by atoms with E-state index in [-0.39, 0.29) is 5.91 Å². The van der Waals surface area contributed by atoms with Crippen molar-refractivity contribution in [1.29, 1.82) is 0 Å². The van der Waals surface area contributed by atoms with Gasteiger partial charge in [0, 0.05) is 43.7 Å². The summed E-state index contributed by atoms with van der Waals surface area (Å²) in [4.78, 5) is 19.3. The monoisotopic (exact) mass is 417 g/mol. The second kappa shape index (κ2) is 9.72. The van der Waals surface area contributed by atoms with Crippen LogP contribution in [0.4, 0.5) is 0 Å². The summed E-state index contributed by atoms with van der Waals surface area (Å²) in [5, 5.41) is 4.85. The summed E-state index contributed by atoms with van der Waals surface area (Å²) in [7, 11) is 0. The van der Waals surface area contributed by atoms with E-state index < -0.39 is 0 Å². The quantitative estimate of drug-likeness (QED) is 0.709. The van der Waals surface area contributed by atoms with Gasteiger partial charge in [0.05, 0.1) is 6.42 Å². The van der Waals surface area contributed by atoms with E-state index in [1.165, 1.54) is 0 Å². The van der Waals surface area contributed by atoms with Crippen molar-refractivity contribution >= 4 is 17.5 Å². The average molecular weight is 418 g/mol. The first-order valence-electron chi connectivity index (χ1n) is 10.6. The number of nitrogens with zero attached hydrogens (tertiary/aromatic N) is 3. The topological polar surface area (TPSA) is 68.5 Å². The zero-order chi connectivity index (χ0) is 20.1. The van der Waals surface area contributed by atoms with Crippen LogP contribution in [-0.2, 0) is 22.4 Å². The van der Waals surface area contributed by atoms with Crippen LogP contribution in [0, 0.1) is 5.92 Å². The summed E-state index contributed by atoms with van der Waals surface area (Å²) in [5.74, 6) is 2.54. The smallest absolute Gasteiger partial charge is 0.229 e. The van der Waals surface area contributed by atoms with E-state index in [1.807, 2.05) is 29.2 Å². The van der Waals surface area contributed by atoms with Crippen LogP contribution in [0.2, 0.25) is 5.02 Å². The number of likely N-dealkylation sites (tertiary alicyclic amines) is 1. The van der Waals surface area contributed by atoms with Crippen LogP contribution in [0.1, 0.15) is 55.3 Å². The molecule has 0 radical (unpaired) electrons. The number of halogens is 1. The number of benzene rings is 1. The first-order chi connectivity index (χ1) is 14.2. The molecule has 0 spiro atoms. The molecule has 2 aliphatic rings. The number of ether oxygens (including phenoxy) is 1. The zero-order valence-corrected chi connectivity index (χ0v) is 17.4. The fourth-order valence-corrected chi connectivity index (χ4v) is 4.49. The van der Waals surface area contributed by atoms with Gasteiger partial charge in [0.15, 0.2) is 5.82 Å². The molecule has 2 saturated heterocycles. The minimum absolute atomic E-state index is 0.179. The average Bonchev–Trinajstić information content (AvgIpc) is 3.22. The maximum Gasteiger partial charge on any atom is 0.229 e. The van der Waals surface area contributed by atoms with E-state index in [4.69, 9.17) is 20.9 Å². The number of aromatic nitrogens is 2. The lowest BCUT2D eigenvalue weighted by atomic mass is 9.93. The molecule has 1 atom stereocenters. The van der Waals surface area contributed by atoms with Crippen molar-refractivity contribution in [2.45, 2.75) is 50.9 Å². The second-order valence-electron chi connectivity index (χ2n) is 8.13. The van der Waals surface area contributed by atoms with Gasteiger partial charge < -0.3 is 14.2 Å². The van der Waals surface area contributed by atoms with Gasteiger partial charge in [-0.25, -0.2) is 0 Å². The van der Waals surface area contributed by atoms with E-state index in [1.54, 1.807) is 0 Å². The third-order valence-corrected chi connectivity index (χ3v) is 6.18. The van der Waals surface area contributed by atoms with Crippen molar-refractivity contribution in [3.8, 4) is 0 Å². The minimum Gasteiger partial charge on any atom is -0.381 e. The lowest BCUT2D eigenvalue weighted by molar-refractivity contribution is -0.132. The molecule has 2 fully saturated rings. The Labute approximate surface area is 176 Å². The molecule has 2 aromatic rings. The van der Waals surface area contributed by atoms with Crippen LogP contribution in [0.5, 0.6) is 0 Å². The number of carbonyl (C=O) groups excluding carboxylic acids is 1. The fourth-order valence-electron chi connectivity index (χ4n) is 4.27. The van der Waals surface area contributed by atoms with Crippen LogP contribution in [-0.4, -0.2) is 47.3 Å². The van der Waals surface area contributed by atoms with Gasteiger partial charge in [-0.3, -0.25) is 4.79 Å². The molecule has 1 aromatic carbocycles. The molecule has 3 heterocycles. The van der Waals surface area contributed by atoms with Crippen molar-refractivity contribution in [1.82, 2.24) is 15.0 Å². The van der Waals surface area contributed by atoms with Crippen molar-refractivity contribution in [3.63, 3.8) is 0 Å². The molecule has 4 rings (SSSR count). The molecule has 1 unspecified atom stereocenters. The van der Waals surface area contributed by atoms with Gasteiger partial charge in [-0.05, 0) is 55.7 Å². The van der Waals surface area contributed by atoms with Crippen LogP contribution >= 0.6 is 11.6 Å². The van der Waals surface area contributed by atoms with Crippen molar-refractivity contribution < 1.29 is 14.1 Å². The van der Waals surface area contributed by atoms with E-state index in [2.05, 4.69) is 10.1 Å². The molecule has 7 heteroatoms. The number of piperidine rings is 1. The molecular weight excluding hydrogens is 390 g/mol. The molecule has 29 heavy (non-hydrogen) atoms. The Morgan fingerprint density at radius 3 is 2.93 bits per heavy atom. The maximum absolute atomic E-state index is 12.7. The molecule has 1 aromatic heterocycles. The first kappa shape index (κ1) is 20.4. The molecule has 2 aliphatic heterocycles. The third kappa shape index (κ3) is 5.58. The Morgan fingerprint density at radius 1 is 1.24 bits per heavy atom. The lowest BCUT2D eigenvalue weighted by Crippen LogP contribution is -2.40. The summed E-state index contributed by atoms with van der Waals surface area (Å²) in [6.45, 7) is 3.18. The van der Waals surface area contributed by atoms with E-state index in [0.717, 1.165) is 82.1 Å². The number of amides is 1. The van der Waals surface area contributed by atoms with Crippen LogP contribution in [0.25, 0.3) is 0 Å². The number of carbonyl (C=O) groups is 1. The van der Waals surface area contributed by atoms with Crippen LogP contribution in [0.3, 0.4) is 0 Å². The third-order valence-electron chi connectivity index (χ3n) is 5.95. The number of rotatable bonds is 6. The molecule has 0 aliphatic carbocycles. The highest BCUT2D eigenvalue weighted by atomic mass is 35.5. The van der Waals surface area contributed by atoms with Crippen LogP contribution < -0.4 is 0 Å². The maximum atomic E-state index is 12.7. The first-order valence-corrected chi connectivity index (χ1v) is 11.0.